The van der Waals surface area contributed by atoms with E-state index in [0.29, 0.717) is 5.41 Å². The summed E-state index contributed by atoms with van der Waals surface area (Å²) >= 11 is 0. The van der Waals surface area contributed by atoms with Crippen LogP contribution < -0.4 is 0 Å². The van der Waals surface area contributed by atoms with E-state index in [4.69, 9.17) is 0 Å². The molecule has 0 spiro atoms. The van der Waals surface area contributed by atoms with Gasteiger partial charge in [0.25, 0.3) is 0 Å². The van der Waals surface area contributed by atoms with Crippen LogP contribution in [-0.2, 0) is 0 Å². The van der Waals surface area contributed by atoms with Crippen molar-refractivity contribution in [3.8, 4) is 0 Å². The Morgan fingerprint density at radius 2 is 1.69 bits per heavy atom. The van der Waals surface area contributed by atoms with Crippen LogP contribution in [0.3, 0.4) is 0 Å². The largest absolute Gasteiger partial charge is 0.303 e. The molecule has 1 unspecified atom stereocenters. The van der Waals surface area contributed by atoms with Crippen molar-refractivity contribution in [2.24, 2.45) is 11.3 Å². The van der Waals surface area contributed by atoms with E-state index in [1.54, 1.807) is 0 Å². The first-order valence-electron chi connectivity index (χ1n) is 7.09. The van der Waals surface area contributed by atoms with Crippen LogP contribution in [0.2, 0.25) is 0 Å². The third kappa shape index (κ3) is 5.34. The fraction of sp³-hybridized carbons (Fsp3) is 1.00. The third-order valence-electron chi connectivity index (χ3n) is 3.76. The van der Waals surface area contributed by atoms with E-state index in [1.807, 2.05) is 0 Å². The number of rotatable bonds is 4. The molecule has 0 aromatic heterocycles. The molecule has 16 heavy (non-hydrogen) atoms. The fourth-order valence-corrected chi connectivity index (χ4v) is 3.27. The van der Waals surface area contributed by atoms with Gasteiger partial charge in [0.15, 0.2) is 0 Å². The molecule has 0 aliphatic heterocycles. The molecular weight excluding hydrogens is 194 g/mol. The Bertz CT molecular complexity index is 186. The van der Waals surface area contributed by atoms with E-state index >= 15 is 0 Å². The van der Waals surface area contributed by atoms with Gasteiger partial charge in [-0.25, -0.2) is 0 Å². The number of nitrogens with zero attached hydrogens (tertiary/aromatic N) is 1. The van der Waals surface area contributed by atoms with Crippen LogP contribution in [0.1, 0.15) is 66.2 Å². The molecule has 1 rings (SSSR count). The number of hydrogen-bond donors (Lipinski definition) is 0. The molecule has 0 heterocycles. The van der Waals surface area contributed by atoms with Crippen molar-refractivity contribution in [3.05, 3.63) is 0 Å². The van der Waals surface area contributed by atoms with Crippen LogP contribution in [0.4, 0.5) is 0 Å². The first kappa shape index (κ1) is 14.0. The van der Waals surface area contributed by atoms with Crippen LogP contribution in [0.5, 0.6) is 0 Å². The highest BCUT2D eigenvalue weighted by Crippen LogP contribution is 2.27. The molecule has 1 nitrogen and oxygen atoms in total. The Morgan fingerprint density at radius 3 is 2.19 bits per heavy atom. The van der Waals surface area contributed by atoms with Gasteiger partial charge in [-0.15, -0.1) is 0 Å². The highest BCUT2D eigenvalue weighted by molar-refractivity contribution is 4.76. The maximum Gasteiger partial charge on any atom is 0.00923 e. The molecule has 0 radical (unpaired) electrons. The molecule has 1 aliphatic rings. The fourth-order valence-electron chi connectivity index (χ4n) is 3.27. The SMILES string of the molecule is CC(CN(C)C1CCCCC1)CC(C)(C)C. The van der Waals surface area contributed by atoms with Gasteiger partial charge in [-0.1, -0.05) is 47.0 Å². The van der Waals surface area contributed by atoms with E-state index in [0.717, 1.165) is 12.0 Å². The lowest BCUT2D eigenvalue weighted by atomic mass is 9.85. The van der Waals surface area contributed by atoms with Crippen molar-refractivity contribution in [3.63, 3.8) is 0 Å². The maximum atomic E-state index is 2.62. The molecule has 0 saturated heterocycles. The molecule has 0 aromatic carbocycles. The highest BCUT2D eigenvalue weighted by atomic mass is 15.1. The lowest BCUT2D eigenvalue weighted by Gasteiger charge is -2.34. The molecule has 0 N–H and O–H groups in total. The minimum absolute atomic E-state index is 0.479. The van der Waals surface area contributed by atoms with Crippen LogP contribution >= 0.6 is 0 Å². The Kier molecular flexibility index (Phi) is 5.30. The zero-order chi connectivity index (χ0) is 12.2. The summed E-state index contributed by atoms with van der Waals surface area (Å²) < 4.78 is 0. The van der Waals surface area contributed by atoms with Gasteiger partial charge in [0.1, 0.15) is 0 Å². The van der Waals surface area contributed by atoms with Crippen molar-refractivity contribution in [1.29, 1.82) is 0 Å². The van der Waals surface area contributed by atoms with Crippen molar-refractivity contribution in [2.45, 2.75) is 72.3 Å². The minimum atomic E-state index is 0.479. The van der Waals surface area contributed by atoms with E-state index in [-0.39, 0.29) is 0 Å². The average Bonchev–Trinajstić information content (AvgIpc) is 2.16. The molecule has 1 atom stereocenters. The van der Waals surface area contributed by atoms with E-state index in [2.05, 4.69) is 39.6 Å². The van der Waals surface area contributed by atoms with Crippen molar-refractivity contribution in [1.82, 2.24) is 4.90 Å². The highest BCUT2D eigenvalue weighted by Gasteiger charge is 2.21. The summed E-state index contributed by atoms with van der Waals surface area (Å²) in [4.78, 5) is 2.62. The summed E-state index contributed by atoms with van der Waals surface area (Å²) in [5.74, 6) is 0.826. The summed E-state index contributed by atoms with van der Waals surface area (Å²) in [7, 11) is 2.33. The quantitative estimate of drug-likeness (QED) is 0.688. The molecule has 1 heteroatoms. The van der Waals surface area contributed by atoms with Gasteiger partial charge < -0.3 is 4.90 Å². The minimum Gasteiger partial charge on any atom is -0.303 e. The van der Waals surface area contributed by atoms with Crippen LogP contribution in [0.25, 0.3) is 0 Å². The summed E-state index contributed by atoms with van der Waals surface area (Å²) in [5, 5.41) is 0. The second-order valence-corrected chi connectivity index (χ2v) is 7.10. The van der Waals surface area contributed by atoms with Crippen LogP contribution in [-0.4, -0.2) is 24.5 Å². The van der Waals surface area contributed by atoms with Gasteiger partial charge in [0.2, 0.25) is 0 Å². The van der Waals surface area contributed by atoms with Gasteiger partial charge >= 0.3 is 0 Å². The van der Waals surface area contributed by atoms with Crippen LogP contribution in [0, 0.1) is 11.3 Å². The topological polar surface area (TPSA) is 3.24 Å². The number of hydrogen-bond acceptors (Lipinski definition) is 1. The van der Waals surface area contributed by atoms with Crippen molar-refractivity contribution < 1.29 is 0 Å². The zero-order valence-electron chi connectivity index (χ0n) is 12.1. The smallest absolute Gasteiger partial charge is 0.00923 e. The van der Waals surface area contributed by atoms with Gasteiger partial charge in [-0.05, 0) is 37.6 Å². The van der Waals surface area contributed by atoms with Gasteiger partial charge in [-0.3, -0.25) is 0 Å². The van der Waals surface area contributed by atoms with Gasteiger partial charge in [-0.2, -0.15) is 0 Å². The first-order valence-corrected chi connectivity index (χ1v) is 7.09. The van der Waals surface area contributed by atoms with E-state index in [9.17, 15) is 0 Å². The monoisotopic (exact) mass is 225 g/mol. The second kappa shape index (κ2) is 6.05. The zero-order valence-corrected chi connectivity index (χ0v) is 12.1. The van der Waals surface area contributed by atoms with Crippen molar-refractivity contribution in [2.75, 3.05) is 13.6 Å². The maximum absolute atomic E-state index is 2.62. The molecule has 96 valence electrons. The Morgan fingerprint density at radius 1 is 1.12 bits per heavy atom. The lowest BCUT2D eigenvalue weighted by Crippen LogP contribution is -2.37. The Balaban J connectivity index is 2.29. The second-order valence-electron chi connectivity index (χ2n) is 7.10. The standard InChI is InChI=1S/C15H31N/c1-13(11-15(2,3)4)12-16(5)14-9-7-6-8-10-14/h13-14H,6-12H2,1-5H3. The lowest BCUT2D eigenvalue weighted by molar-refractivity contribution is 0.153. The van der Waals surface area contributed by atoms with Gasteiger partial charge in [0.05, 0.1) is 0 Å². The predicted molar refractivity (Wildman–Crippen MR) is 72.7 cm³/mol. The molecule has 1 aliphatic carbocycles. The third-order valence-corrected chi connectivity index (χ3v) is 3.76. The summed E-state index contributed by atoms with van der Waals surface area (Å²) in [6.07, 6.45) is 8.55. The molecular formula is C15H31N. The molecule has 1 saturated carbocycles. The molecule has 1 fully saturated rings. The Labute approximate surface area is 103 Å². The normalized spacial score (nSPS) is 21.4. The summed E-state index contributed by atoms with van der Waals surface area (Å²) in [5.41, 5.74) is 0.479. The predicted octanol–water partition coefficient (Wildman–Crippen LogP) is 4.32. The molecule has 0 bridgehead atoms. The van der Waals surface area contributed by atoms with E-state index in [1.165, 1.54) is 45.1 Å². The van der Waals surface area contributed by atoms with Crippen molar-refractivity contribution >= 4 is 0 Å². The molecule has 0 aromatic rings. The molecule has 0 amide bonds. The van der Waals surface area contributed by atoms with Crippen LogP contribution in [0.15, 0.2) is 0 Å². The van der Waals surface area contributed by atoms with E-state index < -0.39 is 0 Å². The van der Waals surface area contributed by atoms with Gasteiger partial charge in [0, 0.05) is 12.6 Å². The Hall–Kier alpha value is -0.0400. The summed E-state index contributed by atoms with van der Waals surface area (Å²) in [6, 6.07) is 0.871. The average molecular weight is 225 g/mol. The first-order chi connectivity index (χ1) is 7.38. The summed E-state index contributed by atoms with van der Waals surface area (Å²) in [6.45, 7) is 10.7.